The van der Waals surface area contributed by atoms with Crippen molar-refractivity contribution in [1.82, 2.24) is 0 Å². The van der Waals surface area contributed by atoms with Gasteiger partial charge >= 0.3 is 0 Å². The second kappa shape index (κ2) is 5.57. The molecule has 0 heterocycles. The Hall–Kier alpha value is -2.34. The third-order valence-corrected chi connectivity index (χ3v) is 3.88. The van der Waals surface area contributed by atoms with Crippen LogP contribution < -0.4 is 0 Å². The van der Waals surface area contributed by atoms with Crippen molar-refractivity contribution in [3.05, 3.63) is 72.3 Å². The van der Waals surface area contributed by atoms with E-state index in [1.807, 2.05) is 13.8 Å². The largest absolute Gasteiger partial charge is 0.0683 e. The Bertz CT molecular complexity index is 911. The number of hydrogen-bond donors (Lipinski definition) is 0. The van der Waals surface area contributed by atoms with Crippen molar-refractivity contribution in [3.8, 4) is 0 Å². The molecule has 104 valence electrons. The van der Waals surface area contributed by atoms with Gasteiger partial charge in [0.05, 0.1) is 0 Å². The summed E-state index contributed by atoms with van der Waals surface area (Å²) in [4.78, 5) is 0. The van der Waals surface area contributed by atoms with E-state index in [4.69, 9.17) is 0 Å². The molecule has 0 bridgehead atoms. The molecule has 0 radical (unpaired) electrons. The van der Waals surface area contributed by atoms with Gasteiger partial charge in [0.1, 0.15) is 0 Å². The molecule has 0 N–H and O–H groups in total. The highest BCUT2D eigenvalue weighted by Gasteiger charge is 2.04. The first kappa shape index (κ1) is 13.6. The van der Waals surface area contributed by atoms with Crippen molar-refractivity contribution in [2.24, 2.45) is 0 Å². The van der Waals surface area contributed by atoms with Crippen LogP contribution in [0.1, 0.15) is 19.4 Å². The Kier molecular flexibility index (Phi) is 3.62. The fourth-order valence-electron chi connectivity index (χ4n) is 2.94. The third-order valence-electron chi connectivity index (χ3n) is 3.88. The highest BCUT2D eigenvalue weighted by atomic mass is 14.1. The number of benzene rings is 4. The van der Waals surface area contributed by atoms with Gasteiger partial charge in [-0.2, -0.15) is 0 Å². The average Bonchev–Trinajstić information content (AvgIpc) is 2.56. The minimum Gasteiger partial charge on any atom is -0.0683 e. The van der Waals surface area contributed by atoms with Crippen LogP contribution in [0, 0.1) is 6.92 Å². The highest BCUT2D eigenvalue weighted by molar-refractivity contribution is 6.20. The standard InChI is InChI=1S/C19H14.C2H6/c1-13-6-7-15-9-11-16-10-8-14-4-2-3-5-17(14)19(16)18(15)12-13;1-2/h2-12H,1H3;1-2H3. The molecule has 0 unspecified atom stereocenters. The van der Waals surface area contributed by atoms with Gasteiger partial charge < -0.3 is 0 Å². The van der Waals surface area contributed by atoms with E-state index in [2.05, 4.69) is 73.7 Å². The van der Waals surface area contributed by atoms with Crippen LogP contribution in [0.5, 0.6) is 0 Å². The molecule has 0 amide bonds. The van der Waals surface area contributed by atoms with Gasteiger partial charge in [0, 0.05) is 0 Å². The Morgan fingerprint density at radius 3 is 1.90 bits per heavy atom. The van der Waals surface area contributed by atoms with Crippen molar-refractivity contribution in [1.29, 1.82) is 0 Å². The zero-order valence-electron chi connectivity index (χ0n) is 12.9. The summed E-state index contributed by atoms with van der Waals surface area (Å²) < 4.78 is 0. The Morgan fingerprint density at radius 1 is 0.571 bits per heavy atom. The molecule has 0 spiro atoms. The topological polar surface area (TPSA) is 0 Å². The van der Waals surface area contributed by atoms with Gasteiger partial charge in [0.15, 0.2) is 0 Å². The van der Waals surface area contributed by atoms with Gasteiger partial charge in [-0.05, 0) is 39.2 Å². The maximum Gasteiger partial charge on any atom is -0.00267 e. The van der Waals surface area contributed by atoms with Crippen molar-refractivity contribution >= 4 is 32.3 Å². The molecule has 0 aliphatic heterocycles. The summed E-state index contributed by atoms with van der Waals surface area (Å²) in [6, 6.07) is 24.2. The fourth-order valence-corrected chi connectivity index (χ4v) is 2.94. The summed E-state index contributed by atoms with van der Waals surface area (Å²) >= 11 is 0. The lowest BCUT2D eigenvalue weighted by molar-refractivity contribution is 1.50. The second-order valence-electron chi connectivity index (χ2n) is 5.17. The van der Waals surface area contributed by atoms with E-state index in [0.29, 0.717) is 0 Å². The van der Waals surface area contributed by atoms with E-state index in [1.165, 1.54) is 37.9 Å². The van der Waals surface area contributed by atoms with Crippen LogP contribution in [0.25, 0.3) is 32.3 Å². The van der Waals surface area contributed by atoms with Gasteiger partial charge in [-0.1, -0.05) is 86.1 Å². The monoisotopic (exact) mass is 272 g/mol. The number of aryl methyl sites for hydroxylation is 1. The molecule has 0 aliphatic carbocycles. The predicted molar refractivity (Wildman–Crippen MR) is 95.0 cm³/mol. The second-order valence-corrected chi connectivity index (χ2v) is 5.17. The molecular weight excluding hydrogens is 252 g/mol. The molecule has 0 atom stereocenters. The van der Waals surface area contributed by atoms with E-state index in [1.54, 1.807) is 0 Å². The maximum atomic E-state index is 2.30. The van der Waals surface area contributed by atoms with Gasteiger partial charge in [-0.25, -0.2) is 0 Å². The smallest absolute Gasteiger partial charge is 0.00267 e. The summed E-state index contributed by atoms with van der Waals surface area (Å²) in [5, 5.41) is 8.01. The Morgan fingerprint density at radius 2 is 1.14 bits per heavy atom. The van der Waals surface area contributed by atoms with Gasteiger partial charge in [0.2, 0.25) is 0 Å². The molecule has 0 saturated carbocycles. The molecule has 0 saturated heterocycles. The van der Waals surface area contributed by atoms with Gasteiger partial charge in [-0.15, -0.1) is 0 Å². The number of hydrogen-bond acceptors (Lipinski definition) is 0. The SMILES string of the molecule is CC.Cc1ccc2ccc3ccc4ccccc4c3c2c1. The first-order valence-electron chi connectivity index (χ1n) is 7.64. The number of fused-ring (bicyclic) bond motifs is 5. The first-order chi connectivity index (χ1) is 10.3. The quantitative estimate of drug-likeness (QED) is 0.321. The molecule has 0 aliphatic rings. The maximum absolute atomic E-state index is 2.30. The van der Waals surface area contributed by atoms with Crippen LogP contribution >= 0.6 is 0 Å². The minimum absolute atomic E-state index is 1.31. The van der Waals surface area contributed by atoms with Crippen LogP contribution in [0.3, 0.4) is 0 Å². The van der Waals surface area contributed by atoms with Crippen molar-refractivity contribution in [2.45, 2.75) is 20.8 Å². The van der Waals surface area contributed by atoms with Gasteiger partial charge in [-0.3, -0.25) is 0 Å². The lowest BCUT2D eigenvalue weighted by Gasteiger charge is -2.08. The first-order valence-corrected chi connectivity index (χ1v) is 7.64. The van der Waals surface area contributed by atoms with Crippen molar-refractivity contribution in [2.75, 3.05) is 0 Å². The summed E-state index contributed by atoms with van der Waals surface area (Å²) in [6.07, 6.45) is 0. The van der Waals surface area contributed by atoms with Crippen LogP contribution in [0.4, 0.5) is 0 Å². The molecular formula is C21H20. The molecule has 0 aromatic heterocycles. The molecule has 4 aromatic rings. The minimum atomic E-state index is 1.31. The van der Waals surface area contributed by atoms with E-state index in [-0.39, 0.29) is 0 Å². The van der Waals surface area contributed by atoms with Crippen molar-refractivity contribution < 1.29 is 0 Å². The van der Waals surface area contributed by atoms with E-state index >= 15 is 0 Å². The third kappa shape index (κ3) is 2.27. The Labute approximate surface area is 126 Å². The average molecular weight is 272 g/mol. The zero-order chi connectivity index (χ0) is 14.8. The van der Waals surface area contributed by atoms with Crippen molar-refractivity contribution in [3.63, 3.8) is 0 Å². The molecule has 0 heteroatoms. The molecule has 4 rings (SSSR count). The summed E-state index contributed by atoms with van der Waals surface area (Å²) in [5.74, 6) is 0. The predicted octanol–water partition coefficient (Wildman–Crippen LogP) is 6.48. The molecule has 21 heavy (non-hydrogen) atoms. The van der Waals surface area contributed by atoms with Gasteiger partial charge in [0.25, 0.3) is 0 Å². The van der Waals surface area contributed by atoms with E-state index < -0.39 is 0 Å². The van der Waals surface area contributed by atoms with Crippen LogP contribution in [-0.4, -0.2) is 0 Å². The Balaban J connectivity index is 0.000000636. The van der Waals surface area contributed by atoms with Crippen LogP contribution in [0.2, 0.25) is 0 Å². The molecule has 0 fully saturated rings. The number of rotatable bonds is 0. The summed E-state index contributed by atoms with van der Waals surface area (Å²) in [6.45, 7) is 6.16. The van der Waals surface area contributed by atoms with Crippen LogP contribution in [0.15, 0.2) is 66.7 Å². The molecule has 4 aromatic carbocycles. The van der Waals surface area contributed by atoms with E-state index in [9.17, 15) is 0 Å². The molecule has 0 nitrogen and oxygen atoms in total. The highest BCUT2D eigenvalue weighted by Crippen LogP contribution is 2.32. The normalized spacial score (nSPS) is 10.6. The lowest BCUT2D eigenvalue weighted by Crippen LogP contribution is -1.82. The lowest BCUT2D eigenvalue weighted by atomic mass is 9.96. The van der Waals surface area contributed by atoms with Crippen LogP contribution in [-0.2, 0) is 0 Å². The fraction of sp³-hybridized carbons (Fsp3) is 0.143. The summed E-state index contributed by atoms with van der Waals surface area (Å²) in [7, 11) is 0. The zero-order valence-corrected chi connectivity index (χ0v) is 12.9. The van der Waals surface area contributed by atoms with E-state index in [0.717, 1.165) is 0 Å². The summed E-state index contributed by atoms with van der Waals surface area (Å²) in [5.41, 5.74) is 1.31.